The van der Waals surface area contributed by atoms with Crippen molar-refractivity contribution in [3.8, 4) is 17.2 Å². The lowest BCUT2D eigenvalue weighted by Crippen LogP contribution is -2.16. The quantitative estimate of drug-likeness (QED) is 0.653. The largest absolute Gasteiger partial charge is 0.493 e. The number of ether oxygens (including phenoxy) is 2. The van der Waals surface area contributed by atoms with E-state index >= 15 is 0 Å². The topological polar surface area (TPSA) is 78.6 Å². The number of primary amides is 1. The van der Waals surface area contributed by atoms with Gasteiger partial charge in [-0.3, -0.25) is 9.59 Å². The summed E-state index contributed by atoms with van der Waals surface area (Å²) < 4.78 is 10.9. The Labute approximate surface area is 122 Å². The van der Waals surface area contributed by atoms with Gasteiger partial charge in [0.2, 0.25) is 5.91 Å². The van der Waals surface area contributed by atoms with Crippen molar-refractivity contribution in [3.05, 3.63) is 54.1 Å². The molecule has 0 radical (unpaired) electrons. The molecule has 0 fully saturated rings. The lowest BCUT2D eigenvalue weighted by atomic mass is 10.1. The molecule has 0 bridgehead atoms. The standard InChI is InChI=1S/C16H15NO4/c1-20-14-4-2-3-5-15(14)21-12-8-6-11(7-9-12)13(18)10-16(17)19/h2-9H,10H2,1H3,(H2,17,19). The summed E-state index contributed by atoms with van der Waals surface area (Å²) in [5.41, 5.74) is 5.41. The third-order valence-electron chi connectivity index (χ3n) is 2.81. The van der Waals surface area contributed by atoms with Crippen LogP contribution in [0.15, 0.2) is 48.5 Å². The zero-order valence-electron chi connectivity index (χ0n) is 11.5. The van der Waals surface area contributed by atoms with Gasteiger partial charge in [-0.25, -0.2) is 0 Å². The molecule has 0 atom stereocenters. The Balaban J connectivity index is 2.12. The fourth-order valence-corrected chi connectivity index (χ4v) is 1.80. The van der Waals surface area contributed by atoms with Crippen LogP contribution in [0.4, 0.5) is 0 Å². The van der Waals surface area contributed by atoms with Crippen LogP contribution in [0.25, 0.3) is 0 Å². The second-order valence-electron chi connectivity index (χ2n) is 4.34. The summed E-state index contributed by atoms with van der Waals surface area (Å²) in [4.78, 5) is 22.4. The van der Waals surface area contributed by atoms with Crippen LogP contribution in [-0.2, 0) is 4.79 Å². The average molecular weight is 285 g/mol. The van der Waals surface area contributed by atoms with Gasteiger partial charge in [0, 0.05) is 5.56 Å². The number of carbonyl (C=O) groups is 2. The number of hydrogen-bond donors (Lipinski definition) is 1. The molecule has 0 saturated heterocycles. The Bertz CT molecular complexity index is 650. The van der Waals surface area contributed by atoms with Crippen molar-refractivity contribution in [2.75, 3.05) is 7.11 Å². The molecule has 0 aliphatic rings. The molecular weight excluding hydrogens is 270 g/mol. The number of para-hydroxylation sites is 2. The van der Waals surface area contributed by atoms with E-state index in [0.717, 1.165) is 0 Å². The van der Waals surface area contributed by atoms with Gasteiger partial charge < -0.3 is 15.2 Å². The molecule has 1 amide bonds. The van der Waals surface area contributed by atoms with E-state index in [4.69, 9.17) is 15.2 Å². The summed E-state index contributed by atoms with van der Waals surface area (Å²) in [6.07, 6.45) is -0.299. The van der Waals surface area contributed by atoms with Crippen molar-refractivity contribution in [1.82, 2.24) is 0 Å². The Morgan fingerprint density at radius 1 is 1.00 bits per heavy atom. The summed E-state index contributed by atoms with van der Waals surface area (Å²) in [5.74, 6) is 0.804. The fourth-order valence-electron chi connectivity index (χ4n) is 1.80. The maximum Gasteiger partial charge on any atom is 0.225 e. The number of amides is 1. The number of rotatable bonds is 6. The minimum atomic E-state index is -0.644. The summed E-state index contributed by atoms with van der Waals surface area (Å²) in [6, 6.07) is 13.7. The molecule has 0 aliphatic carbocycles. The summed E-state index contributed by atoms with van der Waals surface area (Å²) in [5, 5.41) is 0. The van der Waals surface area contributed by atoms with E-state index in [0.29, 0.717) is 22.8 Å². The van der Waals surface area contributed by atoms with Gasteiger partial charge in [0.15, 0.2) is 17.3 Å². The van der Waals surface area contributed by atoms with Gasteiger partial charge >= 0.3 is 0 Å². The van der Waals surface area contributed by atoms with Crippen LogP contribution in [0.5, 0.6) is 17.2 Å². The van der Waals surface area contributed by atoms with Crippen LogP contribution >= 0.6 is 0 Å². The zero-order chi connectivity index (χ0) is 15.2. The molecule has 0 unspecified atom stereocenters. The number of methoxy groups -OCH3 is 1. The van der Waals surface area contributed by atoms with Crippen molar-refractivity contribution < 1.29 is 19.1 Å². The van der Waals surface area contributed by atoms with E-state index in [9.17, 15) is 9.59 Å². The first-order valence-electron chi connectivity index (χ1n) is 6.32. The first-order valence-corrected chi connectivity index (χ1v) is 6.32. The number of nitrogens with two attached hydrogens (primary N) is 1. The normalized spacial score (nSPS) is 9.95. The van der Waals surface area contributed by atoms with Crippen LogP contribution in [0.3, 0.4) is 0 Å². The highest BCUT2D eigenvalue weighted by molar-refractivity contribution is 6.06. The number of ketones is 1. The third-order valence-corrected chi connectivity index (χ3v) is 2.81. The molecule has 2 rings (SSSR count). The van der Waals surface area contributed by atoms with Crippen LogP contribution < -0.4 is 15.2 Å². The van der Waals surface area contributed by atoms with Crippen molar-refractivity contribution >= 4 is 11.7 Å². The fraction of sp³-hybridized carbons (Fsp3) is 0.125. The molecule has 0 saturated carbocycles. The minimum absolute atomic E-state index is 0.299. The molecule has 2 aromatic rings. The predicted molar refractivity (Wildman–Crippen MR) is 77.7 cm³/mol. The van der Waals surface area contributed by atoms with Gasteiger partial charge in [-0.15, -0.1) is 0 Å². The van der Waals surface area contributed by atoms with Crippen LogP contribution in [0.2, 0.25) is 0 Å². The summed E-state index contributed by atoms with van der Waals surface area (Å²) in [6.45, 7) is 0. The number of Topliss-reactive ketones (excluding diaryl/α,β-unsaturated/α-hetero) is 1. The molecular formula is C16H15NO4. The molecule has 0 aliphatic heterocycles. The number of benzene rings is 2. The van der Waals surface area contributed by atoms with E-state index in [1.165, 1.54) is 0 Å². The second-order valence-corrected chi connectivity index (χ2v) is 4.34. The van der Waals surface area contributed by atoms with Crippen LogP contribution in [-0.4, -0.2) is 18.8 Å². The van der Waals surface area contributed by atoms with Crippen LogP contribution in [0.1, 0.15) is 16.8 Å². The lowest BCUT2D eigenvalue weighted by Gasteiger charge is -2.10. The molecule has 5 heteroatoms. The smallest absolute Gasteiger partial charge is 0.225 e. The molecule has 0 spiro atoms. The van der Waals surface area contributed by atoms with E-state index in [1.807, 2.05) is 12.1 Å². The Morgan fingerprint density at radius 2 is 1.62 bits per heavy atom. The Hall–Kier alpha value is -2.82. The molecule has 0 aromatic heterocycles. The predicted octanol–water partition coefficient (Wildman–Crippen LogP) is 2.55. The van der Waals surface area contributed by atoms with Crippen molar-refractivity contribution in [3.63, 3.8) is 0 Å². The van der Waals surface area contributed by atoms with Crippen molar-refractivity contribution in [2.24, 2.45) is 5.73 Å². The molecule has 0 heterocycles. The highest BCUT2D eigenvalue weighted by Gasteiger charge is 2.10. The Kier molecular flexibility index (Phi) is 4.56. The lowest BCUT2D eigenvalue weighted by molar-refractivity contribution is -0.117. The zero-order valence-corrected chi connectivity index (χ0v) is 11.5. The average Bonchev–Trinajstić information content (AvgIpc) is 2.48. The SMILES string of the molecule is COc1ccccc1Oc1ccc(C(=O)CC(N)=O)cc1. The Morgan fingerprint density at radius 3 is 2.19 bits per heavy atom. The van der Waals surface area contributed by atoms with Crippen molar-refractivity contribution in [1.29, 1.82) is 0 Å². The van der Waals surface area contributed by atoms with E-state index in [-0.39, 0.29) is 12.2 Å². The van der Waals surface area contributed by atoms with Gasteiger partial charge in [-0.1, -0.05) is 12.1 Å². The first-order chi connectivity index (χ1) is 10.1. The molecule has 2 N–H and O–H groups in total. The monoisotopic (exact) mass is 285 g/mol. The van der Waals surface area contributed by atoms with Crippen LogP contribution in [0, 0.1) is 0 Å². The maximum atomic E-state index is 11.7. The molecule has 21 heavy (non-hydrogen) atoms. The van der Waals surface area contributed by atoms with Gasteiger partial charge in [-0.2, -0.15) is 0 Å². The van der Waals surface area contributed by atoms with E-state index < -0.39 is 5.91 Å². The highest BCUT2D eigenvalue weighted by Crippen LogP contribution is 2.30. The van der Waals surface area contributed by atoms with Crippen molar-refractivity contribution in [2.45, 2.75) is 6.42 Å². The number of carbonyl (C=O) groups excluding carboxylic acids is 2. The maximum absolute atomic E-state index is 11.7. The van der Waals surface area contributed by atoms with E-state index in [2.05, 4.69) is 0 Å². The molecule has 108 valence electrons. The van der Waals surface area contributed by atoms with E-state index in [1.54, 1.807) is 43.5 Å². The van der Waals surface area contributed by atoms with Gasteiger partial charge in [-0.05, 0) is 36.4 Å². The molecule has 2 aromatic carbocycles. The molecule has 5 nitrogen and oxygen atoms in total. The van der Waals surface area contributed by atoms with Gasteiger partial charge in [0.1, 0.15) is 5.75 Å². The van der Waals surface area contributed by atoms with Gasteiger partial charge in [0.25, 0.3) is 0 Å². The second kappa shape index (κ2) is 6.56. The summed E-state index contributed by atoms with van der Waals surface area (Å²) in [7, 11) is 1.56. The van der Waals surface area contributed by atoms with Gasteiger partial charge in [0.05, 0.1) is 13.5 Å². The third kappa shape index (κ3) is 3.82. The number of hydrogen-bond acceptors (Lipinski definition) is 4. The highest BCUT2D eigenvalue weighted by atomic mass is 16.5. The summed E-state index contributed by atoms with van der Waals surface area (Å²) >= 11 is 0. The first kappa shape index (κ1) is 14.6. The minimum Gasteiger partial charge on any atom is -0.493 e.